The van der Waals surface area contributed by atoms with Gasteiger partial charge < -0.3 is 24.4 Å². The summed E-state index contributed by atoms with van der Waals surface area (Å²) >= 11 is 0. The van der Waals surface area contributed by atoms with E-state index in [2.05, 4.69) is 5.32 Å². The van der Waals surface area contributed by atoms with Crippen LogP contribution in [0.3, 0.4) is 0 Å². The number of benzene rings is 3. The van der Waals surface area contributed by atoms with E-state index in [1.807, 2.05) is 63.2 Å². The second-order valence-electron chi connectivity index (χ2n) is 8.21. The number of ether oxygens (including phenoxy) is 3. The summed E-state index contributed by atoms with van der Waals surface area (Å²) in [4.78, 5) is 26.5. The molecular weight excluding hydrogens is 432 g/mol. The average Bonchev–Trinajstić information content (AvgIpc) is 2.82. The van der Waals surface area contributed by atoms with E-state index >= 15 is 0 Å². The van der Waals surface area contributed by atoms with Crippen molar-refractivity contribution in [3.8, 4) is 17.2 Å². The van der Waals surface area contributed by atoms with Crippen molar-refractivity contribution >= 4 is 23.2 Å². The molecule has 0 spiro atoms. The zero-order chi connectivity index (χ0) is 24.1. The van der Waals surface area contributed by atoms with Gasteiger partial charge in [0.1, 0.15) is 23.9 Å². The third kappa shape index (κ3) is 5.49. The Morgan fingerprint density at radius 3 is 2.62 bits per heavy atom. The lowest BCUT2D eigenvalue weighted by atomic mass is 10.1. The topological polar surface area (TPSA) is 77.1 Å². The van der Waals surface area contributed by atoms with Crippen LogP contribution >= 0.6 is 0 Å². The molecule has 0 unspecified atom stereocenters. The number of nitrogens with zero attached hydrogens (tertiary/aromatic N) is 1. The van der Waals surface area contributed by atoms with Crippen molar-refractivity contribution in [1.29, 1.82) is 0 Å². The van der Waals surface area contributed by atoms with Crippen LogP contribution in [0.5, 0.6) is 17.2 Å². The van der Waals surface area contributed by atoms with Crippen LogP contribution in [-0.4, -0.2) is 38.2 Å². The molecule has 7 heteroatoms. The molecule has 0 radical (unpaired) electrons. The quantitative estimate of drug-likeness (QED) is 0.538. The molecular formula is C27H28N2O5. The van der Waals surface area contributed by atoms with Crippen LogP contribution in [0, 0.1) is 20.8 Å². The lowest BCUT2D eigenvalue weighted by Gasteiger charge is -2.29. The minimum absolute atomic E-state index is 0.0648. The van der Waals surface area contributed by atoms with Gasteiger partial charge in [-0.1, -0.05) is 29.8 Å². The van der Waals surface area contributed by atoms with Gasteiger partial charge in [-0.05, 0) is 62.2 Å². The van der Waals surface area contributed by atoms with Gasteiger partial charge in [-0.3, -0.25) is 9.59 Å². The molecule has 0 atom stereocenters. The maximum Gasteiger partial charge on any atom is 0.265 e. The number of fused-ring (bicyclic) bond motifs is 1. The van der Waals surface area contributed by atoms with E-state index in [4.69, 9.17) is 14.2 Å². The van der Waals surface area contributed by atoms with Crippen molar-refractivity contribution in [2.75, 3.05) is 36.6 Å². The smallest absolute Gasteiger partial charge is 0.265 e. The predicted molar refractivity (Wildman–Crippen MR) is 131 cm³/mol. The van der Waals surface area contributed by atoms with Gasteiger partial charge in [-0.25, -0.2) is 0 Å². The molecule has 0 fully saturated rings. The van der Waals surface area contributed by atoms with Crippen LogP contribution in [0.2, 0.25) is 0 Å². The predicted octanol–water partition coefficient (Wildman–Crippen LogP) is 4.43. The Morgan fingerprint density at radius 2 is 1.82 bits per heavy atom. The molecule has 0 aromatic heterocycles. The highest BCUT2D eigenvalue weighted by atomic mass is 16.5. The van der Waals surface area contributed by atoms with Crippen molar-refractivity contribution in [3.63, 3.8) is 0 Å². The van der Waals surface area contributed by atoms with Crippen molar-refractivity contribution in [1.82, 2.24) is 0 Å². The first kappa shape index (κ1) is 23.2. The van der Waals surface area contributed by atoms with Crippen LogP contribution in [0.1, 0.15) is 16.7 Å². The number of amides is 2. The Bertz CT molecular complexity index is 1190. The first-order valence-electron chi connectivity index (χ1n) is 11.2. The Kier molecular flexibility index (Phi) is 7.01. The maximum absolute atomic E-state index is 12.4. The number of carbonyl (C=O) groups excluding carboxylic acids is 2. The van der Waals surface area contributed by atoms with Gasteiger partial charge in [0.25, 0.3) is 11.8 Å². The van der Waals surface area contributed by atoms with E-state index in [1.54, 1.807) is 23.1 Å². The molecule has 1 aliphatic heterocycles. The monoisotopic (exact) mass is 460 g/mol. The fourth-order valence-corrected chi connectivity index (χ4v) is 3.64. The summed E-state index contributed by atoms with van der Waals surface area (Å²) in [6.07, 6.45) is 0. The number of carbonyl (C=O) groups is 2. The molecule has 3 aromatic carbocycles. The van der Waals surface area contributed by atoms with Crippen LogP contribution < -0.4 is 24.4 Å². The largest absolute Gasteiger partial charge is 0.492 e. The Hall–Kier alpha value is -4.00. The zero-order valence-electron chi connectivity index (χ0n) is 19.6. The summed E-state index contributed by atoms with van der Waals surface area (Å²) < 4.78 is 17.1. The minimum Gasteiger partial charge on any atom is -0.492 e. The molecule has 0 bridgehead atoms. The SMILES string of the molecule is Cc1ccc(OCCN2C(=O)COc3cc(NC(=O)COc4cccc(C)c4C)ccc32)cc1. The normalized spacial score (nSPS) is 12.6. The van der Waals surface area contributed by atoms with Gasteiger partial charge >= 0.3 is 0 Å². The standard InChI is InChI=1S/C27H28N2O5/c1-18-7-10-22(11-8-18)32-14-13-29-23-12-9-21(15-25(23)34-17-27(29)31)28-26(30)16-33-24-6-4-5-19(2)20(24)3/h4-12,15H,13-14,16-17H2,1-3H3,(H,28,30). The fraction of sp³-hybridized carbons (Fsp3) is 0.259. The number of rotatable bonds is 8. The van der Waals surface area contributed by atoms with Crippen molar-refractivity contribution in [3.05, 3.63) is 77.4 Å². The summed E-state index contributed by atoms with van der Waals surface area (Å²) in [5.41, 5.74) is 4.48. The second-order valence-corrected chi connectivity index (χ2v) is 8.21. The first-order valence-corrected chi connectivity index (χ1v) is 11.2. The summed E-state index contributed by atoms with van der Waals surface area (Å²) in [7, 11) is 0. The number of hydrogen-bond donors (Lipinski definition) is 1. The van der Waals surface area contributed by atoms with Gasteiger partial charge in [-0.15, -0.1) is 0 Å². The third-order valence-electron chi connectivity index (χ3n) is 5.70. The number of hydrogen-bond acceptors (Lipinski definition) is 5. The van der Waals surface area contributed by atoms with E-state index in [9.17, 15) is 9.59 Å². The van der Waals surface area contributed by atoms with E-state index in [-0.39, 0.29) is 25.0 Å². The zero-order valence-corrected chi connectivity index (χ0v) is 19.6. The maximum atomic E-state index is 12.4. The summed E-state index contributed by atoms with van der Waals surface area (Å²) in [5.74, 6) is 1.55. The van der Waals surface area contributed by atoms with Gasteiger partial charge in [0.2, 0.25) is 0 Å². The lowest BCUT2D eigenvalue weighted by molar-refractivity contribution is -0.121. The minimum atomic E-state index is -0.281. The molecule has 3 aromatic rings. The summed E-state index contributed by atoms with van der Waals surface area (Å²) in [6, 6.07) is 18.7. The lowest BCUT2D eigenvalue weighted by Crippen LogP contribution is -2.41. The molecule has 0 saturated heterocycles. The van der Waals surface area contributed by atoms with Crippen molar-refractivity contribution in [2.45, 2.75) is 20.8 Å². The van der Waals surface area contributed by atoms with Gasteiger partial charge in [0, 0.05) is 11.8 Å². The van der Waals surface area contributed by atoms with Crippen LogP contribution in [0.4, 0.5) is 11.4 Å². The van der Waals surface area contributed by atoms with Gasteiger partial charge in [0.05, 0.1) is 12.2 Å². The molecule has 176 valence electrons. The number of aryl methyl sites for hydroxylation is 2. The average molecular weight is 461 g/mol. The molecule has 7 nitrogen and oxygen atoms in total. The molecule has 34 heavy (non-hydrogen) atoms. The van der Waals surface area contributed by atoms with Crippen LogP contribution in [0.25, 0.3) is 0 Å². The molecule has 0 aliphatic carbocycles. The molecule has 1 aliphatic rings. The summed E-state index contributed by atoms with van der Waals surface area (Å²) in [6.45, 7) is 6.54. The third-order valence-corrected chi connectivity index (χ3v) is 5.70. The Labute approximate surface area is 199 Å². The van der Waals surface area contributed by atoms with E-state index in [1.165, 1.54) is 0 Å². The van der Waals surface area contributed by atoms with E-state index in [0.717, 1.165) is 22.4 Å². The Morgan fingerprint density at radius 1 is 1.03 bits per heavy atom. The molecule has 1 N–H and O–H groups in total. The summed E-state index contributed by atoms with van der Waals surface area (Å²) in [5, 5.41) is 2.82. The van der Waals surface area contributed by atoms with Crippen LogP contribution in [-0.2, 0) is 9.59 Å². The second kappa shape index (κ2) is 10.3. The molecule has 4 rings (SSSR count). The van der Waals surface area contributed by atoms with Crippen LogP contribution in [0.15, 0.2) is 60.7 Å². The van der Waals surface area contributed by atoms with Gasteiger partial charge in [-0.2, -0.15) is 0 Å². The Balaban J connectivity index is 1.35. The highest BCUT2D eigenvalue weighted by Crippen LogP contribution is 2.34. The highest BCUT2D eigenvalue weighted by Gasteiger charge is 2.26. The van der Waals surface area contributed by atoms with Crippen molar-refractivity contribution < 1.29 is 23.8 Å². The molecule has 0 saturated carbocycles. The van der Waals surface area contributed by atoms with E-state index < -0.39 is 0 Å². The number of anilines is 2. The molecule has 1 heterocycles. The van der Waals surface area contributed by atoms with Crippen molar-refractivity contribution in [2.24, 2.45) is 0 Å². The number of nitrogens with one attached hydrogen (secondary N) is 1. The first-order chi connectivity index (χ1) is 16.4. The fourth-order valence-electron chi connectivity index (χ4n) is 3.64. The highest BCUT2D eigenvalue weighted by molar-refractivity contribution is 5.99. The van der Waals surface area contributed by atoms with Gasteiger partial charge in [0.15, 0.2) is 13.2 Å². The molecule has 2 amide bonds. The van der Waals surface area contributed by atoms with E-state index in [0.29, 0.717) is 36.0 Å².